The first-order valence-electron chi connectivity index (χ1n) is 7.49. The molecule has 5 heteroatoms. The van der Waals surface area contributed by atoms with E-state index in [0.29, 0.717) is 5.46 Å². The van der Waals surface area contributed by atoms with Crippen LogP contribution in [0, 0.1) is 5.82 Å². The van der Waals surface area contributed by atoms with Crippen molar-refractivity contribution in [1.82, 2.24) is 4.90 Å². The molecule has 1 aliphatic heterocycles. The molecular formula is C16H25BFNO2. The molecule has 1 aliphatic rings. The van der Waals surface area contributed by atoms with Crippen LogP contribution in [0.5, 0.6) is 0 Å². The van der Waals surface area contributed by atoms with E-state index in [1.807, 2.05) is 46.9 Å². The molecule has 2 rings (SSSR count). The fraction of sp³-hybridized carbons (Fsp3) is 0.625. The highest BCUT2D eigenvalue weighted by molar-refractivity contribution is 6.62. The van der Waals surface area contributed by atoms with Crippen molar-refractivity contribution in [2.45, 2.75) is 52.4 Å². The van der Waals surface area contributed by atoms with Gasteiger partial charge in [0.1, 0.15) is 5.82 Å². The average molecular weight is 293 g/mol. The van der Waals surface area contributed by atoms with Crippen LogP contribution in [0.2, 0.25) is 0 Å². The zero-order valence-corrected chi connectivity index (χ0v) is 13.9. The van der Waals surface area contributed by atoms with Crippen LogP contribution >= 0.6 is 0 Å². The molecule has 1 saturated heterocycles. The predicted molar refractivity (Wildman–Crippen MR) is 84.1 cm³/mol. The van der Waals surface area contributed by atoms with Crippen LogP contribution in [0.1, 0.15) is 40.2 Å². The van der Waals surface area contributed by atoms with Gasteiger partial charge in [-0.1, -0.05) is 19.1 Å². The highest BCUT2D eigenvalue weighted by atomic mass is 19.1. The Bertz CT molecular complexity index is 503. The van der Waals surface area contributed by atoms with Gasteiger partial charge in [0.2, 0.25) is 0 Å². The quantitative estimate of drug-likeness (QED) is 0.796. The summed E-state index contributed by atoms with van der Waals surface area (Å²) in [6.07, 6.45) is 0. The maximum Gasteiger partial charge on any atom is 0.497 e. The maximum atomic E-state index is 14.2. The summed E-state index contributed by atoms with van der Waals surface area (Å²) in [7, 11) is 1.39. The molecule has 0 spiro atoms. The SMILES string of the molecule is CCN(C)Cc1ccc(F)c(B2OC(C)(C)C(C)(C)O2)c1. The fourth-order valence-electron chi connectivity index (χ4n) is 2.27. The van der Waals surface area contributed by atoms with E-state index < -0.39 is 18.3 Å². The highest BCUT2D eigenvalue weighted by Crippen LogP contribution is 2.36. The predicted octanol–water partition coefficient (Wildman–Crippen LogP) is 2.58. The second kappa shape index (κ2) is 5.71. The van der Waals surface area contributed by atoms with Crippen molar-refractivity contribution in [3.05, 3.63) is 29.6 Å². The molecule has 1 heterocycles. The summed E-state index contributed by atoms with van der Waals surface area (Å²) >= 11 is 0. The normalized spacial score (nSPS) is 20.3. The molecule has 0 aliphatic carbocycles. The van der Waals surface area contributed by atoms with E-state index in [2.05, 4.69) is 11.8 Å². The molecule has 0 radical (unpaired) electrons. The molecule has 0 unspecified atom stereocenters. The lowest BCUT2D eigenvalue weighted by Gasteiger charge is -2.32. The van der Waals surface area contributed by atoms with Crippen molar-refractivity contribution in [2.75, 3.05) is 13.6 Å². The Labute approximate surface area is 127 Å². The third kappa shape index (κ3) is 3.30. The van der Waals surface area contributed by atoms with Gasteiger partial charge < -0.3 is 14.2 Å². The molecule has 0 N–H and O–H groups in total. The number of halogens is 1. The number of nitrogens with zero attached hydrogens (tertiary/aromatic N) is 1. The number of hydrogen-bond acceptors (Lipinski definition) is 3. The highest BCUT2D eigenvalue weighted by Gasteiger charge is 2.52. The number of rotatable bonds is 4. The number of hydrogen-bond donors (Lipinski definition) is 0. The summed E-state index contributed by atoms with van der Waals surface area (Å²) < 4.78 is 26.1. The topological polar surface area (TPSA) is 21.7 Å². The monoisotopic (exact) mass is 293 g/mol. The minimum atomic E-state index is -0.651. The Hall–Kier alpha value is -0.905. The second-order valence-electron chi connectivity index (χ2n) is 6.77. The van der Waals surface area contributed by atoms with E-state index in [-0.39, 0.29) is 5.82 Å². The molecule has 0 aromatic heterocycles. The van der Waals surface area contributed by atoms with Crippen molar-refractivity contribution in [2.24, 2.45) is 0 Å². The molecule has 0 saturated carbocycles. The molecule has 21 heavy (non-hydrogen) atoms. The van der Waals surface area contributed by atoms with Crippen LogP contribution in [-0.4, -0.2) is 36.8 Å². The zero-order valence-electron chi connectivity index (χ0n) is 13.9. The van der Waals surface area contributed by atoms with Crippen LogP contribution in [0.3, 0.4) is 0 Å². The van der Waals surface area contributed by atoms with Crippen molar-refractivity contribution in [3.8, 4) is 0 Å². The lowest BCUT2D eigenvalue weighted by atomic mass is 9.78. The van der Waals surface area contributed by atoms with Crippen LogP contribution in [0.25, 0.3) is 0 Å². The van der Waals surface area contributed by atoms with E-state index in [1.165, 1.54) is 6.07 Å². The van der Waals surface area contributed by atoms with Gasteiger partial charge in [-0.3, -0.25) is 0 Å². The molecular weight excluding hydrogens is 268 g/mol. The lowest BCUT2D eigenvalue weighted by molar-refractivity contribution is 0.00578. The Kier molecular flexibility index (Phi) is 4.48. The molecule has 1 aromatic carbocycles. The van der Waals surface area contributed by atoms with Crippen LogP contribution < -0.4 is 5.46 Å². The van der Waals surface area contributed by atoms with Gasteiger partial charge in [-0.2, -0.15) is 0 Å². The Morgan fingerprint density at radius 2 is 1.71 bits per heavy atom. The molecule has 1 aromatic rings. The minimum Gasteiger partial charge on any atom is -0.399 e. The van der Waals surface area contributed by atoms with Crippen LogP contribution in [-0.2, 0) is 15.9 Å². The largest absolute Gasteiger partial charge is 0.497 e. The van der Waals surface area contributed by atoms with Crippen molar-refractivity contribution in [3.63, 3.8) is 0 Å². The standard InChI is InChI=1S/C16H25BFNO2/c1-7-19(6)11-12-8-9-14(18)13(10-12)17-20-15(2,3)16(4,5)21-17/h8-10H,7,11H2,1-6H3. The summed E-state index contributed by atoms with van der Waals surface area (Å²) in [5.74, 6) is -0.281. The molecule has 3 nitrogen and oxygen atoms in total. The summed E-state index contributed by atoms with van der Waals surface area (Å²) in [5, 5.41) is 0. The summed E-state index contributed by atoms with van der Waals surface area (Å²) in [6.45, 7) is 11.7. The van der Waals surface area contributed by atoms with Gasteiger partial charge in [-0.05, 0) is 52.9 Å². The molecule has 0 amide bonds. The van der Waals surface area contributed by atoms with Gasteiger partial charge in [-0.25, -0.2) is 4.39 Å². The van der Waals surface area contributed by atoms with Gasteiger partial charge in [-0.15, -0.1) is 0 Å². The van der Waals surface area contributed by atoms with Gasteiger partial charge in [0.15, 0.2) is 0 Å². The van der Waals surface area contributed by atoms with Gasteiger partial charge >= 0.3 is 7.12 Å². The first-order valence-corrected chi connectivity index (χ1v) is 7.49. The van der Waals surface area contributed by atoms with Crippen molar-refractivity contribution < 1.29 is 13.7 Å². The van der Waals surface area contributed by atoms with E-state index in [4.69, 9.17) is 9.31 Å². The first-order chi connectivity index (χ1) is 9.66. The Morgan fingerprint density at radius 1 is 1.14 bits per heavy atom. The summed E-state index contributed by atoms with van der Waals surface area (Å²) in [4.78, 5) is 2.17. The van der Waals surface area contributed by atoms with E-state index in [0.717, 1.165) is 18.7 Å². The van der Waals surface area contributed by atoms with Crippen molar-refractivity contribution in [1.29, 1.82) is 0 Å². The second-order valence-corrected chi connectivity index (χ2v) is 6.77. The summed E-state index contributed by atoms with van der Waals surface area (Å²) in [6, 6.07) is 5.17. The average Bonchev–Trinajstić information content (AvgIpc) is 2.60. The smallest absolute Gasteiger partial charge is 0.399 e. The Balaban J connectivity index is 2.26. The van der Waals surface area contributed by atoms with E-state index >= 15 is 0 Å². The van der Waals surface area contributed by atoms with Crippen LogP contribution in [0.15, 0.2) is 18.2 Å². The zero-order chi connectivity index (χ0) is 15.8. The lowest BCUT2D eigenvalue weighted by Crippen LogP contribution is -2.41. The van der Waals surface area contributed by atoms with E-state index in [9.17, 15) is 4.39 Å². The Morgan fingerprint density at radius 3 is 2.24 bits per heavy atom. The van der Waals surface area contributed by atoms with Gasteiger partial charge in [0.25, 0.3) is 0 Å². The van der Waals surface area contributed by atoms with Gasteiger partial charge in [0, 0.05) is 12.0 Å². The molecule has 1 fully saturated rings. The molecule has 0 atom stereocenters. The van der Waals surface area contributed by atoms with Crippen molar-refractivity contribution >= 4 is 12.6 Å². The first kappa shape index (κ1) is 16.5. The van der Waals surface area contributed by atoms with Gasteiger partial charge in [0.05, 0.1) is 11.2 Å². The van der Waals surface area contributed by atoms with Crippen LogP contribution in [0.4, 0.5) is 4.39 Å². The molecule has 116 valence electrons. The maximum absolute atomic E-state index is 14.2. The molecule has 0 bridgehead atoms. The summed E-state index contributed by atoms with van der Waals surface area (Å²) in [5.41, 5.74) is 0.627. The minimum absolute atomic E-state index is 0.281. The number of benzene rings is 1. The van der Waals surface area contributed by atoms with E-state index in [1.54, 1.807) is 0 Å². The third-order valence-electron chi connectivity index (χ3n) is 4.56. The fourth-order valence-corrected chi connectivity index (χ4v) is 2.27. The third-order valence-corrected chi connectivity index (χ3v) is 4.56.